The summed E-state index contributed by atoms with van der Waals surface area (Å²) in [7, 11) is 0. The topological polar surface area (TPSA) is 61.4 Å². The molecule has 0 aromatic carbocycles. The summed E-state index contributed by atoms with van der Waals surface area (Å²) in [5, 5.41) is 14.0. The molecule has 2 fully saturated rings. The van der Waals surface area contributed by atoms with Gasteiger partial charge >= 0.3 is 6.09 Å². The number of hydrogen-bond donors (Lipinski definition) is 3. The van der Waals surface area contributed by atoms with Crippen molar-refractivity contribution in [3.05, 3.63) is 0 Å². The van der Waals surface area contributed by atoms with E-state index >= 15 is 0 Å². The van der Waals surface area contributed by atoms with Crippen molar-refractivity contribution in [1.29, 1.82) is 0 Å². The third kappa shape index (κ3) is 0.759. The fourth-order valence-electron chi connectivity index (χ4n) is 1.78. The fourth-order valence-corrected chi connectivity index (χ4v) is 1.78. The van der Waals surface area contributed by atoms with E-state index < -0.39 is 6.09 Å². The molecule has 2 aliphatic rings. The second-order valence-corrected chi connectivity index (χ2v) is 2.96. The normalized spacial score (nSPS) is 42.6. The first-order valence-electron chi connectivity index (χ1n) is 3.49. The van der Waals surface area contributed by atoms with Gasteiger partial charge in [-0.1, -0.05) is 0 Å². The quantitative estimate of drug-likeness (QED) is 0.461. The van der Waals surface area contributed by atoms with Gasteiger partial charge in [-0.25, -0.2) is 4.79 Å². The molecule has 4 nitrogen and oxygen atoms in total. The van der Waals surface area contributed by atoms with Crippen LogP contribution in [0.3, 0.4) is 0 Å². The first-order valence-corrected chi connectivity index (χ1v) is 3.49. The van der Waals surface area contributed by atoms with Gasteiger partial charge in [0.25, 0.3) is 0 Å². The molecule has 2 rings (SSSR count). The summed E-state index contributed by atoms with van der Waals surface area (Å²) in [6.45, 7) is 1.96. The third-order valence-electron chi connectivity index (χ3n) is 2.38. The van der Waals surface area contributed by atoms with Gasteiger partial charge in [-0.05, 0) is 11.8 Å². The van der Waals surface area contributed by atoms with Gasteiger partial charge in [0.2, 0.25) is 0 Å². The molecule has 10 heavy (non-hydrogen) atoms. The van der Waals surface area contributed by atoms with Crippen LogP contribution in [-0.2, 0) is 0 Å². The molecular weight excluding hydrogens is 132 g/mol. The predicted octanol–water partition coefficient (Wildman–Crippen LogP) is -0.528. The smallest absolute Gasteiger partial charge is 0.404 e. The van der Waals surface area contributed by atoms with E-state index in [1.54, 1.807) is 0 Å². The average molecular weight is 142 g/mol. The second-order valence-electron chi connectivity index (χ2n) is 2.96. The Morgan fingerprint density at radius 3 is 2.60 bits per heavy atom. The Labute approximate surface area is 58.6 Å². The van der Waals surface area contributed by atoms with Gasteiger partial charge in [0.1, 0.15) is 0 Å². The van der Waals surface area contributed by atoms with E-state index in [2.05, 4.69) is 10.6 Å². The summed E-state index contributed by atoms with van der Waals surface area (Å²) in [4.78, 5) is 10.1. The largest absolute Gasteiger partial charge is 0.465 e. The van der Waals surface area contributed by atoms with E-state index in [9.17, 15) is 4.79 Å². The standard InChI is InChI=1S/C6H10N2O2/c9-6(10)8-5-3-1-7-2-4(3)5/h3-5,7-8H,1-2H2,(H,9,10). The molecule has 1 heterocycles. The molecule has 1 amide bonds. The van der Waals surface area contributed by atoms with E-state index in [1.807, 2.05) is 0 Å². The molecule has 0 spiro atoms. The van der Waals surface area contributed by atoms with Crippen molar-refractivity contribution in [1.82, 2.24) is 10.6 Å². The van der Waals surface area contributed by atoms with Crippen molar-refractivity contribution < 1.29 is 9.90 Å². The highest BCUT2D eigenvalue weighted by molar-refractivity contribution is 5.65. The maximum absolute atomic E-state index is 10.1. The Bertz CT molecular complexity index is 161. The Hall–Kier alpha value is -0.770. The minimum absolute atomic E-state index is 0.249. The van der Waals surface area contributed by atoms with E-state index in [0.717, 1.165) is 13.1 Å². The van der Waals surface area contributed by atoms with E-state index in [0.29, 0.717) is 11.8 Å². The van der Waals surface area contributed by atoms with Crippen LogP contribution in [0.25, 0.3) is 0 Å². The van der Waals surface area contributed by atoms with Crippen molar-refractivity contribution in [2.75, 3.05) is 13.1 Å². The van der Waals surface area contributed by atoms with Gasteiger partial charge in [-0.2, -0.15) is 0 Å². The van der Waals surface area contributed by atoms with Crippen LogP contribution in [0.4, 0.5) is 4.79 Å². The third-order valence-corrected chi connectivity index (χ3v) is 2.38. The van der Waals surface area contributed by atoms with E-state index in [1.165, 1.54) is 0 Å². The Morgan fingerprint density at radius 2 is 2.10 bits per heavy atom. The van der Waals surface area contributed by atoms with Gasteiger partial charge in [0.15, 0.2) is 0 Å². The van der Waals surface area contributed by atoms with Crippen LogP contribution >= 0.6 is 0 Å². The lowest BCUT2D eigenvalue weighted by atomic mass is 10.4. The molecule has 4 heteroatoms. The molecule has 3 N–H and O–H groups in total. The van der Waals surface area contributed by atoms with Crippen LogP contribution in [0.5, 0.6) is 0 Å². The molecule has 1 aliphatic heterocycles. The van der Waals surface area contributed by atoms with E-state index in [-0.39, 0.29) is 6.04 Å². The molecular formula is C6H10N2O2. The first-order chi connectivity index (χ1) is 4.79. The minimum atomic E-state index is -0.889. The molecule has 1 aliphatic carbocycles. The lowest BCUT2D eigenvalue weighted by molar-refractivity contribution is 0.192. The molecule has 1 saturated carbocycles. The van der Waals surface area contributed by atoms with Crippen LogP contribution in [0.2, 0.25) is 0 Å². The molecule has 2 atom stereocenters. The molecule has 0 radical (unpaired) electrons. The van der Waals surface area contributed by atoms with Gasteiger partial charge in [-0.3, -0.25) is 0 Å². The van der Waals surface area contributed by atoms with Gasteiger partial charge in [-0.15, -0.1) is 0 Å². The van der Waals surface area contributed by atoms with Crippen LogP contribution in [0, 0.1) is 11.8 Å². The monoisotopic (exact) mass is 142 g/mol. The number of nitrogens with one attached hydrogen (secondary N) is 2. The number of carbonyl (C=O) groups is 1. The Balaban J connectivity index is 1.84. The number of carboxylic acid groups (broad SMARTS) is 1. The maximum Gasteiger partial charge on any atom is 0.404 e. The second kappa shape index (κ2) is 1.85. The van der Waals surface area contributed by atoms with Crippen molar-refractivity contribution in [2.24, 2.45) is 11.8 Å². The van der Waals surface area contributed by atoms with Crippen LogP contribution in [0.15, 0.2) is 0 Å². The molecule has 0 bridgehead atoms. The van der Waals surface area contributed by atoms with Crippen LogP contribution < -0.4 is 10.6 Å². The molecule has 1 saturated heterocycles. The zero-order valence-corrected chi connectivity index (χ0v) is 5.50. The predicted molar refractivity (Wildman–Crippen MR) is 34.8 cm³/mol. The average Bonchev–Trinajstić information content (AvgIpc) is 2.40. The van der Waals surface area contributed by atoms with Gasteiger partial charge in [0, 0.05) is 19.1 Å². The van der Waals surface area contributed by atoms with Crippen LogP contribution in [-0.4, -0.2) is 30.3 Å². The van der Waals surface area contributed by atoms with Gasteiger partial charge in [0.05, 0.1) is 0 Å². The highest BCUT2D eigenvalue weighted by atomic mass is 16.4. The summed E-state index contributed by atoms with van der Waals surface area (Å²) in [5.41, 5.74) is 0. The zero-order valence-electron chi connectivity index (χ0n) is 5.50. The Morgan fingerprint density at radius 1 is 1.50 bits per heavy atom. The highest BCUT2D eigenvalue weighted by Gasteiger charge is 2.53. The Kier molecular flexibility index (Phi) is 1.11. The number of hydrogen-bond acceptors (Lipinski definition) is 2. The molecule has 0 aromatic rings. The molecule has 2 unspecified atom stereocenters. The van der Waals surface area contributed by atoms with Crippen molar-refractivity contribution in [2.45, 2.75) is 6.04 Å². The molecule has 56 valence electrons. The number of fused-ring (bicyclic) bond motifs is 1. The summed E-state index contributed by atoms with van der Waals surface area (Å²) in [6.07, 6.45) is -0.889. The van der Waals surface area contributed by atoms with Crippen LogP contribution in [0.1, 0.15) is 0 Å². The maximum atomic E-state index is 10.1. The summed E-state index contributed by atoms with van der Waals surface area (Å²) < 4.78 is 0. The lowest BCUT2D eigenvalue weighted by Gasteiger charge is -2.02. The zero-order chi connectivity index (χ0) is 7.14. The first kappa shape index (κ1) is 5.97. The van der Waals surface area contributed by atoms with E-state index in [4.69, 9.17) is 5.11 Å². The van der Waals surface area contributed by atoms with Crippen molar-refractivity contribution in [3.63, 3.8) is 0 Å². The summed E-state index contributed by atoms with van der Waals surface area (Å²) in [6, 6.07) is 0.249. The molecule has 0 aromatic heterocycles. The lowest BCUT2D eigenvalue weighted by Crippen LogP contribution is -2.31. The summed E-state index contributed by atoms with van der Waals surface area (Å²) in [5.74, 6) is 1.16. The highest BCUT2D eigenvalue weighted by Crippen LogP contribution is 2.41. The fraction of sp³-hybridized carbons (Fsp3) is 0.833. The number of piperidine rings is 1. The summed E-state index contributed by atoms with van der Waals surface area (Å²) >= 11 is 0. The van der Waals surface area contributed by atoms with Crippen molar-refractivity contribution in [3.8, 4) is 0 Å². The number of amides is 1. The minimum Gasteiger partial charge on any atom is -0.465 e. The van der Waals surface area contributed by atoms with Gasteiger partial charge < -0.3 is 15.7 Å². The SMILES string of the molecule is O=C(O)NC1C2CNCC21. The van der Waals surface area contributed by atoms with Crippen molar-refractivity contribution >= 4 is 6.09 Å². The number of rotatable bonds is 1.